The van der Waals surface area contributed by atoms with Crippen LogP contribution in [0, 0.1) is 10.1 Å². The average molecular weight is 258 g/mol. The Bertz CT molecular complexity index is 594. The highest BCUT2D eigenvalue weighted by Gasteiger charge is 2.12. The molecule has 2 aromatic rings. The van der Waals surface area contributed by atoms with E-state index in [2.05, 4.69) is 0 Å². The summed E-state index contributed by atoms with van der Waals surface area (Å²) >= 11 is 0. The van der Waals surface area contributed by atoms with E-state index >= 15 is 0 Å². The van der Waals surface area contributed by atoms with E-state index in [0.29, 0.717) is 6.61 Å². The molecule has 98 valence electrons. The first kappa shape index (κ1) is 12.9. The second-order valence-corrected chi connectivity index (χ2v) is 3.99. The van der Waals surface area contributed by atoms with Crippen LogP contribution in [0.15, 0.2) is 42.5 Å². The molecule has 0 fully saturated rings. The summed E-state index contributed by atoms with van der Waals surface area (Å²) in [7, 11) is 0. The van der Waals surface area contributed by atoms with Crippen LogP contribution in [0.3, 0.4) is 0 Å². The molecule has 0 saturated heterocycles. The van der Waals surface area contributed by atoms with Gasteiger partial charge in [0.15, 0.2) is 0 Å². The number of hydrogen-bond acceptors (Lipinski definition) is 4. The van der Waals surface area contributed by atoms with Crippen LogP contribution in [-0.4, -0.2) is 11.5 Å². The molecule has 0 aliphatic carbocycles. The highest BCUT2D eigenvalue weighted by Crippen LogP contribution is 2.29. The number of ether oxygens (including phenoxy) is 1. The molecule has 0 spiro atoms. The minimum atomic E-state index is -0.479. The maximum absolute atomic E-state index is 10.9. The molecular formula is C14H14N2O3. The fourth-order valence-corrected chi connectivity index (χ4v) is 1.79. The van der Waals surface area contributed by atoms with Crippen LogP contribution in [0.4, 0.5) is 11.4 Å². The van der Waals surface area contributed by atoms with Crippen molar-refractivity contribution < 1.29 is 9.66 Å². The van der Waals surface area contributed by atoms with Crippen LogP contribution < -0.4 is 10.5 Å². The Hall–Kier alpha value is -2.56. The van der Waals surface area contributed by atoms with Gasteiger partial charge in [-0.2, -0.15) is 0 Å². The molecule has 2 N–H and O–H groups in total. The number of nitrogens with two attached hydrogens (primary N) is 1. The number of nitro benzene ring substituents is 1. The molecule has 0 aliphatic rings. The van der Waals surface area contributed by atoms with Gasteiger partial charge >= 0.3 is 0 Å². The summed E-state index contributed by atoms with van der Waals surface area (Å²) in [6, 6.07) is 12.2. The van der Waals surface area contributed by atoms with E-state index in [0.717, 1.165) is 16.9 Å². The Labute approximate surface area is 110 Å². The van der Waals surface area contributed by atoms with Gasteiger partial charge in [-0.05, 0) is 36.2 Å². The minimum absolute atomic E-state index is 0.0774. The summed E-state index contributed by atoms with van der Waals surface area (Å²) in [5.74, 6) is 0.774. The molecule has 5 nitrogen and oxygen atoms in total. The predicted octanol–water partition coefficient (Wildman–Crippen LogP) is 3.24. The summed E-state index contributed by atoms with van der Waals surface area (Å²) in [6.45, 7) is 2.52. The lowest BCUT2D eigenvalue weighted by molar-refractivity contribution is -0.383. The van der Waals surface area contributed by atoms with Gasteiger partial charge in [0.1, 0.15) is 11.4 Å². The number of rotatable bonds is 4. The molecule has 2 rings (SSSR count). The zero-order valence-corrected chi connectivity index (χ0v) is 10.5. The molecule has 2 aromatic carbocycles. The van der Waals surface area contributed by atoms with Crippen LogP contribution in [0.2, 0.25) is 0 Å². The second-order valence-electron chi connectivity index (χ2n) is 3.99. The van der Waals surface area contributed by atoms with E-state index in [1.165, 1.54) is 6.07 Å². The van der Waals surface area contributed by atoms with Crippen molar-refractivity contribution in [3.05, 3.63) is 52.6 Å². The molecule has 0 aromatic heterocycles. The topological polar surface area (TPSA) is 78.4 Å². The van der Waals surface area contributed by atoms with E-state index in [1.54, 1.807) is 12.1 Å². The van der Waals surface area contributed by atoms with E-state index in [4.69, 9.17) is 10.5 Å². The Balaban J connectivity index is 2.36. The third kappa shape index (κ3) is 2.82. The Kier molecular flexibility index (Phi) is 3.66. The van der Waals surface area contributed by atoms with Crippen molar-refractivity contribution in [3.8, 4) is 16.9 Å². The zero-order valence-electron chi connectivity index (χ0n) is 10.5. The van der Waals surface area contributed by atoms with Gasteiger partial charge < -0.3 is 10.5 Å². The van der Waals surface area contributed by atoms with Crippen molar-refractivity contribution in [1.82, 2.24) is 0 Å². The van der Waals surface area contributed by atoms with Crippen molar-refractivity contribution in [2.45, 2.75) is 6.92 Å². The first-order chi connectivity index (χ1) is 9.11. The van der Waals surface area contributed by atoms with Gasteiger partial charge in [-0.1, -0.05) is 18.2 Å². The van der Waals surface area contributed by atoms with Crippen molar-refractivity contribution in [3.63, 3.8) is 0 Å². The standard InChI is InChI=1S/C14H14N2O3/c1-2-19-12-6-3-10(4-7-12)11-5-8-13(15)14(9-11)16(17)18/h3-9H,2,15H2,1H3. The maximum atomic E-state index is 10.9. The van der Waals surface area contributed by atoms with Crippen LogP contribution >= 0.6 is 0 Å². The Morgan fingerprint density at radius 2 is 1.79 bits per heavy atom. The summed E-state index contributed by atoms with van der Waals surface area (Å²) in [4.78, 5) is 10.4. The largest absolute Gasteiger partial charge is 0.494 e. The fourth-order valence-electron chi connectivity index (χ4n) is 1.79. The molecular weight excluding hydrogens is 244 g/mol. The summed E-state index contributed by atoms with van der Waals surface area (Å²) in [5.41, 5.74) is 7.29. The summed E-state index contributed by atoms with van der Waals surface area (Å²) < 4.78 is 5.35. The third-order valence-electron chi connectivity index (χ3n) is 2.73. The first-order valence-electron chi connectivity index (χ1n) is 5.89. The lowest BCUT2D eigenvalue weighted by Crippen LogP contribution is -1.95. The number of benzene rings is 2. The monoisotopic (exact) mass is 258 g/mol. The van der Waals surface area contributed by atoms with Crippen LogP contribution in [-0.2, 0) is 0 Å². The molecule has 0 atom stereocenters. The normalized spacial score (nSPS) is 10.2. The number of nitrogen functional groups attached to an aromatic ring is 1. The average Bonchev–Trinajstić information content (AvgIpc) is 2.40. The van der Waals surface area contributed by atoms with Crippen molar-refractivity contribution in [2.75, 3.05) is 12.3 Å². The number of nitrogens with zero attached hydrogens (tertiary/aromatic N) is 1. The first-order valence-corrected chi connectivity index (χ1v) is 5.89. The van der Waals surface area contributed by atoms with Gasteiger partial charge in [0.05, 0.1) is 11.5 Å². The van der Waals surface area contributed by atoms with Crippen molar-refractivity contribution in [2.24, 2.45) is 0 Å². The van der Waals surface area contributed by atoms with Gasteiger partial charge in [0.2, 0.25) is 0 Å². The van der Waals surface area contributed by atoms with Crippen LogP contribution in [0.1, 0.15) is 6.92 Å². The second kappa shape index (κ2) is 5.39. The lowest BCUT2D eigenvalue weighted by atomic mass is 10.0. The molecule has 0 heterocycles. The van der Waals surface area contributed by atoms with Crippen LogP contribution in [0.5, 0.6) is 5.75 Å². The lowest BCUT2D eigenvalue weighted by Gasteiger charge is -2.06. The van der Waals surface area contributed by atoms with Crippen molar-refractivity contribution in [1.29, 1.82) is 0 Å². The summed E-state index contributed by atoms with van der Waals surface area (Å²) in [6.07, 6.45) is 0. The molecule has 0 amide bonds. The molecule has 5 heteroatoms. The SMILES string of the molecule is CCOc1ccc(-c2ccc(N)c([N+](=O)[O-])c2)cc1. The van der Waals surface area contributed by atoms with E-state index in [9.17, 15) is 10.1 Å². The predicted molar refractivity (Wildman–Crippen MR) is 74.1 cm³/mol. The molecule has 0 unspecified atom stereocenters. The molecule has 0 bridgehead atoms. The number of hydrogen-bond donors (Lipinski definition) is 1. The van der Waals surface area contributed by atoms with Crippen LogP contribution in [0.25, 0.3) is 11.1 Å². The highest BCUT2D eigenvalue weighted by molar-refractivity contribution is 5.72. The molecule has 0 aliphatic heterocycles. The minimum Gasteiger partial charge on any atom is -0.494 e. The maximum Gasteiger partial charge on any atom is 0.292 e. The van der Waals surface area contributed by atoms with E-state index in [1.807, 2.05) is 31.2 Å². The highest BCUT2D eigenvalue weighted by atomic mass is 16.6. The molecule has 19 heavy (non-hydrogen) atoms. The van der Waals surface area contributed by atoms with E-state index in [-0.39, 0.29) is 11.4 Å². The van der Waals surface area contributed by atoms with Gasteiger partial charge in [0.25, 0.3) is 5.69 Å². The Morgan fingerprint density at radius 1 is 1.16 bits per heavy atom. The molecule has 0 radical (unpaired) electrons. The quantitative estimate of drug-likeness (QED) is 0.518. The zero-order chi connectivity index (χ0) is 13.8. The van der Waals surface area contributed by atoms with Gasteiger partial charge in [-0.3, -0.25) is 10.1 Å². The van der Waals surface area contributed by atoms with Gasteiger partial charge in [-0.15, -0.1) is 0 Å². The van der Waals surface area contributed by atoms with Gasteiger partial charge in [0, 0.05) is 6.07 Å². The molecule has 0 saturated carbocycles. The Morgan fingerprint density at radius 3 is 2.37 bits per heavy atom. The summed E-state index contributed by atoms with van der Waals surface area (Å²) in [5, 5.41) is 10.9. The third-order valence-corrected chi connectivity index (χ3v) is 2.73. The smallest absolute Gasteiger partial charge is 0.292 e. The number of anilines is 1. The fraction of sp³-hybridized carbons (Fsp3) is 0.143. The van der Waals surface area contributed by atoms with Crippen molar-refractivity contribution >= 4 is 11.4 Å². The van der Waals surface area contributed by atoms with E-state index < -0.39 is 4.92 Å². The number of nitro groups is 1. The van der Waals surface area contributed by atoms with Gasteiger partial charge in [-0.25, -0.2) is 0 Å².